The number of nitrogens with one attached hydrogen (secondary N) is 1. The Labute approximate surface area is 113 Å². The molecule has 5 heteroatoms. The van der Waals surface area contributed by atoms with Gasteiger partial charge in [-0.15, -0.1) is 0 Å². The monoisotopic (exact) mass is 269 g/mol. The van der Waals surface area contributed by atoms with Gasteiger partial charge in [-0.2, -0.15) is 16.7 Å². The van der Waals surface area contributed by atoms with Crippen LogP contribution >= 0.6 is 11.8 Å². The van der Waals surface area contributed by atoms with Crippen molar-refractivity contribution in [2.75, 3.05) is 12.3 Å². The topological polar surface area (TPSA) is 51.0 Å². The van der Waals surface area contributed by atoms with Crippen LogP contribution in [0.3, 0.4) is 0 Å². The highest BCUT2D eigenvalue weighted by Gasteiger charge is 2.27. The molecule has 0 aromatic carbocycles. The summed E-state index contributed by atoms with van der Waals surface area (Å²) in [6.07, 6.45) is 2.47. The maximum atomic E-state index is 5.40. The molecule has 0 radical (unpaired) electrons. The first kappa shape index (κ1) is 13.9. The van der Waals surface area contributed by atoms with Gasteiger partial charge in [-0.3, -0.25) is 0 Å². The molecule has 0 aliphatic carbocycles. The predicted molar refractivity (Wildman–Crippen MR) is 74.4 cm³/mol. The van der Waals surface area contributed by atoms with Gasteiger partial charge in [0.15, 0.2) is 5.82 Å². The molecule has 1 N–H and O–H groups in total. The highest BCUT2D eigenvalue weighted by atomic mass is 32.2. The number of piperidine rings is 1. The van der Waals surface area contributed by atoms with Gasteiger partial charge in [-0.1, -0.05) is 25.9 Å². The van der Waals surface area contributed by atoms with E-state index in [4.69, 9.17) is 4.52 Å². The van der Waals surface area contributed by atoms with Gasteiger partial charge in [0.2, 0.25) is 5.89 Å². The molecule has 102 valence electrons. The molecular formula is C13H23N3OS. The molecule has 1 aliphatic rings. The number of thioether (sulfide) groups is 1. The molecule has 0 spiro atoms. The highest BCUT2D eigenvalue weighted by Crippen LogP contribution is 2.28. The van der Waals surface area contributed by atoms with Crippen molar-refractivity contribution in [2.24, 2.45) is 11.8 Å². The number of rotatable bonds is 5. The maximum Gasteiger partial charge on any atom is 0.244 e. The summed E-state index contributed by atoms with van der Waals surface area (Å²) in [5.41, 5.74) is 0. The Kier molecular flexibility index (Phi) is 5.06. The lowest BCUT2D eigenvalue weighted by molar-refractivity contribution is 0.239. The first-order valence-corrected chi connectivity index (χ1v) is 7.96. The quantitative estimate of drug-likeness (QED) is 0.890. The normalized spacial score (nSPS) is 24.7. The van der Waals surface area contributed by atoms with E-state index in [2.05, 4.69) is 36.2 Å². The van der Waals surface area contributed by atoms with Gasteiger partial charge in [0.1, 0.15) is 0 Å². The fourth-order valence-corrected chi connectivity index (χ4v) is 3.11. The van der Waals surface area contributed by atoms with E-state index in [-0.39, 0.29) is 6.04 Å². The summed E-state index contributed by atoms with van der Waals surface area (Å²) in [5.74, 6) is 4.87. The number of nitrogens with zero attached hydrogens (tertiary/aromatic N) is 2. The summed E-state index contributed by atoms with van der Waals surface area (Å²) in [7, 11) is 0. The van der Waals surface area contributed by atoms with Crippen LogP contribution in [0.25, 0.3) is 0 Å². The molecule has 1 aromatic rings. The highest BCUT2D eigenvalue weighted by molar-refractivity contribution is 7.98. The third-order valence-electron chi connectivity index (χ3n) is 3.20. The van der Waals surface area contributed by atoms with Gasteiger partial charge in [-0.05, 0) is 37.0 Å². The molecular weight excluding hydrogens is 246 g/mol. The first-order chi connectivity index (χ1) is 8.66. The van der Waals surface area contributed by atoms with Gasteiger partial charge in [0, 0.05) is 0 Å². The van der Waals surface area contributed by atoms with Crippen molar-refractivity contribution in [1.29, 1.82) is 0 Å². The van der Waals surface area contributed by atoms with Gasteiger partial charge in [-0.25, -0.2) is 0 Å². The third kappa shape index (κ3) is 3.72. The second-order valence-electron chi connectivity index (χ2n) is 5.51. The van der Waals surface area contributed by atoms with Crippen LogP contribution < -0.4 is 5.32 Å². The van der Waals surface area contributed by atoms with Gasteiger partial charge in [0.05, 0.1) is 11.8 Å². The Morgan fingerprint density at radius 1 is 1.50 bits per heavy atom. The Morgan fingerprint density at radius 2 is 2.33 bits per heavy atom. The Balaban J connectivity index is 1.88. The van der Waals surface area contributed by atoms with Crippen molar-refractivity contribution < 1.29 is 4.52 Å². The average molecular weight is 269 g/mol. The minimum atomic E-state index is 0.245. The SMILES string of the molecule is CC(C)CSCc1noc(C2NCCCC2C)n1. The summed E-state index contributed by atoms with van der Waals surface area (Å²) >= 11 is 1.87. The summed E-state index contributed by atoms with van der Waals surface area (Å²) in [6, 6.07) is 0.245. The molecule has 0 bridgehead atoms. The molecule has 0 amide bonds. The molecule has 0 saturated carbocycles. The van der Waals surface area contributed by atoms with Crippen LogP contribution in [0.2, 0.25) is 0 Å². The Morgan fingerprint density at radius 3 is 3.06 bits per heavy atom. The number of aromatic nitrogens is 2. The third-order valence-corrected chi connectivity index (χ3v) is 4.57. The predicted octanol–water partition coefficient (Wildman–Crippen LogP) is 3.02. The van der Waals surface area contributed by atoms with Crippen molar-refractivity contribution in [1.82, 2.24) is 15.5 Å². The number of hydrogen-bond acceptors (Lipinski definition) is 5. The summed E-state index contributed by atoms with van der Waals surface area (Å²) in [5, 5.41) is 7.55. The van der Waals surface area contributed by atoms with E-state index in [1.807, 2.05) is 11.8 Å². The molecule has 1 aromatic heterocycles. The minimum absolute atomic E-state index is 0.245. The van der Waals surface area contributed by atoms with Crippen LogP contribution in [0.4, 0.5) is 0 Å². The van der Waals surface area contributed by atoms with E-state index in [1.165, 1.54) is 12.8 Å². The fourth-order valence-electron chi connectivity index (χ4n) is 2.22. The molecule has 2 unspecified atom stereocenters. The molecule has 4 nitrogen and oxygen atoms in total. The van der Waals surface area contributed by atoms with E-state index in [0.717, 1.165) is 29.8 Å². The molecule has 2 atom stereocenters. The van der Waals surface area contributed by atoms with E-state index in [1.54, 1.807) is 0 Å². The maximum absolute atomic E-state index is 5.40. The zero-order valence-corrected chi connectivity index (χ0v) is 12.3. The minimum Gasteiger partial charge on any atom is -0.338 e. The largest absolute Gasteiger partial charge is 0.338 e. The number of hydrogen-bond donors (Lipinski definition) is 1. The van der Waals surface area contributed by atoms with Crippen LogP contribution in [0.1, 0.15) is 51.4 Å². The van der Waals surface area contributed by atoms with Crippen molar-refractivity contribution in [3.05, 3.63) is 11.7 Å². The van der Waals surface area contributed by atoms with Crippen LogP contribution in [0, 0.1) is 11.8 Å². The van der Waals surface area contributed by atoms with Gasteiger partial charge in [0.25, 0.3) is 0 Å². The van der Waals surface area contributed by atoms with Crippen LogP contribution in [0.15, 0.2) is 4.52 Å². The van der Waals surface area contributed by atoms with Crippen LogP contribution in [-0.2, 0) is 5.75 Å². The van der Waals surface area contributed by atoms with E-state index >= 15 is 0 Å². The average Bonchev–Trinajstić information content (AvgIpc) is 2.78. The second kappa shape index (κ2) is 6.57. The van der Waals surface area contributed by atoms with Gasteiger partial charge < -0.3 is 9.84 Å². The zero-order chi connectivity index (χ0) is 13.0. The lowest BCUT2D eigenvalue weighted by Crippen LogP contribution is -2.33. The summed E-state index contributed by atoms with van der Waals surface area (Å²) in [4.78, 5) is 4.52. The Hall–Kier alpha value is -0.550. The van der Waals surface area contributed by atoms with Crippen molar-refractivity contribution in [3.63, 3.8) is 0 Å². The van der Waals surface area contributed by atoms with Crippen LogP contribution in [0.5, 0.6) is 0 Å². The standard InChI is InChI=1S/C13H23N3OS/c1-9(2)7-18-8-11-15-13(17-16-11)12-10(3)5-4-6-14-12/h9-10,12,14H,4-8H2,1-3H3. The van der Waals surface area contributed by atoms with Crippen molar-refractivity contribution in [3.8, 4) is 0 Å². The smallest absolute Gasteiger partial charge is 0.244 e. The molecule has 1 saturated heterocycles. The molecule has 2 heterocycles. The van der Waals surface area contributed by atoms with Gasteiger partial charge >= 0.3 is 0 Å². The summed E-state index contributed by atoms with van der Waals surface area (Å²) < 4.78 is 5.40. The van der Waals surface area contributed by atoms with E-state index < -0.39 is 0 Å². The lowest BCUT2D eigenvalue weighted by atomic mass is 9.93. The fraction of sp³-hybridized carbons (Fsp3) is 0.846. The van der Waals surface area contributed by atoms with Crippen molar-refractivity contribution >= 4 is 11.8 Å². The first-order valence-electron chi connectivity index (χ1n) is 6.80. The zero-order valence-electron chi connectivity index (χ0n) is 11.5. The molecule has 1 aliphatic heterocycles. The summed E-state index contributed by atoms with van der Waals surface area (Å²) in [6.45, 7) is 7.74. The molecule has 2 rings (SSSR count). The van der Waals surface area contributed by atoms with E-state index in [9.17, 15) is 0 Å². The molecule has 1 fully saturated rings. The Bertz CT molecular complexity index is 367. The van der Waals surface area contributed by atoms with Crippen LogP contribution in [-0.4, -0.2) is 22.4 Å². The van der Waals surface area contributed by atoms with E-state index in [0.29, 0.717) is 11.8 Å². The molecule has 18 heavy (non-hydrogen) atoms. The van der Waals surface area contributed by atoms with Crippen molar-refractivity contribution in [2.45, 2.75) is 45.4 Å². The second-order valence-corrected chi connectivity index (χ2v) is 6.54. The lowest BCUT2D eigenvalue weighted by Gasteiger charge is -2.26.